The van der Waals surface area contributed by atoms with E-state index in [4.69, 9.17) is 4.42 Å². The van der Waals surface area contributed by atoms with Gasteiger partial charge in [-0.2, -0.15) is 0 Å². The van der Waals surface area contributed by atoms with Crippen LogP contribution in [0.5, 0.6) is 0 Å². The number of ketones is 1. The van der Waals surface area contributed by atoms with Crippen molar-refractivity contribution >= 4 is 17.2 Å². The lowest BCUT2D eigenvalue weighted by Gasteiger charge is -2.34. The molecule has 0 unspecified atom stereocenters. The molecule has 1 aromatic heterocycles. The molecular weight excluding hydrogens is 367 g/mol. The van der Waals surface area contributed by atoms with Crippen LogP contribution in [0.1, 0.15) is 36.6 Å². The number of carbonyl (C=O) groups excluding carboxylic acids is 1. The predicted molar refractivity (Wildman–Crippen MR) is 110 cm³/mol. The number of fused-ring (bicyclic) bond motifs is 1. The van der Waals surface area contributed by atoms with Gasteiger partial charge in [-0.3, -0.25) is 4.79 Å². The quantitative estimate of drug-likeness (QED) is 0.634. The number of para-hydroxylation sites is 2. The highest BCUT2D eigenvalue weighted by molar-refractivity contribution is 6.00. The van der Waals surface area contributed by atoms with Crippen LogP contribution in [0.25, 0.3) is 0 Å². The SMILES string of the molecule is O=C1CCCC2=C1[C@@H](c1ccco1)N(Cc1ccc(F)cc1)c1ccccc1N2. The van der Waals surface area contributed by atoms with Crippen LogP contribution in [0.4, 0.5) is 15.8 Å². The van der Waals surface area contributed by atoms with Crippen LogP contribution in [0.15, 0.2) is 82.6 Å². The zero-order valence-electron chi connectivity index (χ0n) is 15.9. The first-order valence-electron chi connectivity index (χ1n) is 9.87. The molecule has 0 bridgehead atoms. The summed E-state index contributed by atoms with van der Waals surface area (Å²) in [5.41, 5.74) is 4.65. The summed E-state index contributed by atoms with van der Waals surface area (Å²) in [6, 6.07) is 18.0. The van der Waals surface area contributed by atoms with Gasteiger partial charge in [-0.1, -0.05) is 24.3 Å². The van der Waals surface area contributed by atoms with Gasteiger partial charge in [0, 0.05) is 24.2 Å². The van der Waals surface area contributed by atoms with Gasteiger partial charge in [0.25, 0.3) is 0 Å². The minimum atomic E-state index is -0.339. The number of anilines is 2. The number of hydrogen-bond acceptors (Lipinski definition) is 4. The molecule has 5 rings (SSSR count). The van der Waals surface area contributed by atoms with Crippen molar-refractivity contribution in [3.8, 4) is 0 Å². The van der Waals surface area contributed by atoms with E-state index in [1.165, 1.54) is 12.1 Å². The molecule has 0 radical (unpaired) electrons. The molecule has 1 aliphatic carbocycles. The number of hydrogen-bond donors (Lipinski definition) is 1. The van der Waals surface area contributed by atoms with Gasteiger partial charge in [0.1, 0.15) is 17.6 Å². The highest BCUT2D eigenvalue weighted by Gasteiger charge is 2.38. The van der Waals surface area contributed by atoms with Crippen molar-refractivity contribution in [3.05, 3.63) is 95.3 Å². The zero-order valence-corrected chi connectivity index (χ0v) is 15.9. The van der Waals surface area contributed by atoms with Gasteiger partial charge in [-0.05, 0) is 54.8 Å². The van der Waals surface area contributed by atoms with Crippen LogP contribution in [-0.2, 0) is 11.3 Å². The van der Waals surface area contributed by atoms with Crippen molar-refractivity contribution in [2.45, 2.75) is 31.8 Å². The third-order valence-corrected chi connectivity index (χ3v) is 5.62. The maximum Gasteiger partial charge on any atom is 0.163 e. The predicted octanol–water partition coefficient (Wildman–Crippen LogP) is 5.60. The number of nitrogens with one attached hydrogen (secondary N) is 1. The Hall–Kier alpha value is -3.34. The zero-order chi connectivity index (χ0) is 19.8. The molecule has 1 atom stereocenters. The molecule has 2 aromatic carbocycles. The van der Waals surface area contributed by atoms with E-state index in [9.17, 15) is 9.18 Å². The van der Waals surface area contributed by atoms with Gasteiger partial charge in [0.15, 0.2) is 5.78 Å². The number of halogens is 1. The Labute approximate surface area is 168 Å². The van der Waals surface area contributed by atoms with Crippen molar-refractivity contribution in [1.82, 2.24) is 0 Å². The van der Waals surface area contributed by atoms with Gasteiger partial charge in [0.05, 0.1) is 17.6 Å². The van der Waals surface area contributed by atoms with Crippen LogP contribution >= 0.6 is 0 Å². The summed E-state index contributed by atoms with van der Waals surface area (Å²) >= 11 is 0. The molecule has 4 nitrogen and oxygen atoms in total. The molecule has 5 heteroatoms. The lowest BCUT2D eigenvalue weighted by molar-refractivity contribution is -0.116. The number of nitrogens with zero attached hydrogens (tertiary/aromatic N) is 1. The van der Waals surface area contributed by atoms with Crippen molar-refractivity contribution in [1.29, 1.82) is 0 Å². The Kier molecular flexibility index (Phi) is 4.43. The molecular formula is C24H21FN2O2. The largest absolute Gasteiger partial charge is 0.467 e. The minimum absolute atomic E-state index is 0.150. The summed E-state index contributed by atoms with van der Waals surface area (Å²) in [5.74, 6) is 0.618. The van der Waals surface area contributed by atoms with Gasteiger partial charge >= 0.3 is 0 Å². The van der Waals surface area contributed by atoms with Crippen molar-refractivity contribution < 1.29 is 13.6 Å². The molecule has 1 aliphatic heterocycles. The molecule has 29 heavy (non-hydrogen) atoms. The second-order valence-corrected chi connectivity index (χ2v) is 7.48. The smallest absolute Gasteiger partial charge is 0.163 e. The Morgan fingerprint density at radius 3 is 2.66 bits per heavy atom. The third kappa shape index (κ3) is 3.23. The lowest BCUT2D eigenvalue weighted by atomic mass is 9.88. The number of furan rings is 1. The van der Waals surface area contributed by atoms with Crippen LogP contribution in [0.2, 0.25) is 0 Å². The maximum absolute atomic E-state index is 13.5. The molecule has 0 saturated carbocycles. The van der Waals surface area contributed by atoms with E-state index in [0.29, 0.717) is 13.0 Å². The summed E-state index contributed by atoms with van der Waals surface area (Å²) < 4.78 is 19.3. The third-order valence-electron chi connectivity index (χ3n) is 5.62. The fraction of sp³-hybridized carbons (Fsp3) is 0.208. The first-order valence-corrected chi connectivity index (χ1v) is 9.87. The van der Waals surface area contributed by atoms with Gasteiger partial charge in [0.2, 0.25) is 0 Å². The molecule has 2 aliphatic rings. The summed E-state index contributed by atoms with van der Waals surface area (Å²) in [6.45, 7) is 0.522. The van der Waals surface area contributed by atoms with E-state index in [1.807, 2.05) is 36.4 Å². The Morgan fingerprint density at radius 2 is 1.86 bits per heavy atom. The fourth-order valence-corrected chi connectivity index (χ4v) is 4.30. The van der Waals surface area contributed by atoms with E-state index in [-0.39, 0.29) is 17.6 Å². The molecule has 0 saturated heterocycles. The summed E-state index contributed by atoms with van der Waals surface area (Å²) in [7, 11) is 0. The molecule has 0 fully saturated rings. The number of carbonyl (C=O) groups is 1. The maximum atomic E-state index is 13.5. The van der Waals surface area contributed by atoms with E-state index in [1.54, 1.807) is 18.4 Å². The van der Waals surface area contributed by atoms with Crippen molar-refractivity contribution in [3.63, 3.8) is 0 Å². The average molecular weight is 388 g/mol. The molecule has 0 spiro atoms. The standard InChI is InChI=1S/C24H21FN2O2/c25-17-12-10-16(11-13-17)15-27-20-7-2-1-5-18(20)26-19-6-3-8-21(28)23(19)24(27)22-9-4-14-29-22/h1-2,4-5,7,9-14,24,26H,3,6,8,15H2/t24-/m1/s1. The highest BCUT2D eigenvalue weighted by Crippen LogP contribution is 2.45. The number of Topliss-reactive ketones (excluding diaryl/α,β-unsaturated/α-hetero) is 1. The Bertz CT molecular complexity index is 1070. The summed E-state index contributed by atoms with van der Waals surface area (Å²) in [6.07, 6.45) is 3.86. The van der Waals surface area contributed by atoms with Crippen molar-refractivity contribution in [2.24, 2.45) is 0 Å². The molecule has 146 valence electrons. The Balaban J connectivity index is 1.70. The summed E-state index contributed by atoms with van der Waals surface area (Å²) in [4.78, 5) is 15.2. The van der Waals surface area contributed by atoms with Gasteiger partial charge in [-0.25, -0.2) is 4.39 Å². The van der Waals surface area contributed by atoms with Crippen LogP contribution in [0.3, 0.4) is 0 Å². The topological polar surface area (TPSA) is 45.5 Å². The van der Waals surface area contributed by atoms with E-state index >= 15 is 0 Å². The molecule has 2 heterocycles. The van der Waals surface area contributed by atoms with Gasteiger partial charge in [-0.15, -0.1) is 0 Å². The first-order chi connectivity index (χ1) is 14.2. The number of benzene rings is 2. The Morgan fingerprint density at radius 1 is 1.03 bits per heavy atom. The fourth-order valence-electron chi connectivity index (χ4n) is 4.30. The van der Waals surface area contributed by atoms with Crippen LogP contribution in [-0.4, -0.2) is 5.78 Å². The normalized spacial score (nSPS) is 18.7. The molecule has 3 aromatic rings. The van der Waals surface area contributed by atoms with Crippen LogP contribution < -0.4 is 10.2 Å². The second kappa shape index (κ2) is 7.24. The van der Waals surface area contributed by atoms with E-state index in [0.717, 1.165) is 46.8 Å². The first kappa shape index (κ1) is 17.7. The monoisotopic (exact) mass is 388 g/mol. The average Bonchev–Trinajstić information content (AvgIpc) is 3.21. The van der Waals surface area contributed by atoms with Crippen molar-refractivity contribution in [2.75, 3.05) is 10.2 Å². The van der Waals surface area contributed by atoms with E-state index in [2.05, 4.69) is 10.2 Å². The number of allylic oxidation sites excluding steroid dienone is 1. The minimum Gasteiger partial charge on any atom is -0.467 e. The van der Waals surface area contributed by atoms with Crippen LogP contribution in [0, 0.1) is 5.82 Å². The number of rotatable bonds is 3. The lowest BCUT2D eigenvalue weighted by Crippen LogP contribution is -2.32. The van der Waals surface area contributed by atoms with Gasteiger partial charge < -0.3 is 14.6 Å². The molecule has 1 N–H and O–H groups in total. The highest BCUT2D eigenvalue weighted by atomic mass is 19.1. The summed E-state index contributed by atoms with van der Waals surface area (Å²) in [5, 5.41) is 3.52. The molecule has 0 amide bonds. The second-order valence-electron chi connectivity index (χ2n) is 7.48. The van der Waals surface area contributed by atoms with E-state index < -0.39 is 0 Å².